The van der Waals surface area contributed by atoms with Crippen LogP contribution < -0.4 is 5.32 Å². The van der Waals surface area contributed by atoms with E-state index in [9.17, 15) is 9.59 Å². The van der Waals surface area contributed by atoms with Crippen LogP contribution in [0.15, 0.2) is 42.5 Å². The third-order valence-corrected chi connectivity index (χ3v) is 6.21. The molecule has 6 heteroatoms. The van der Waals surface area contributed by atoms with Crippen molar-refractivity contribution in [3.63, 3.8) is 0 Å². The van der Waals surface area contributed by atoms with Crippen molar-refractivity contribution < 1.29 is 9.59 Å². The highest BCUT2D eigenvalue weighted by atomic mass is 127. The van der Waals surface area contributed by atoms with Crippen molar-refractivity contribution in [3.05, 3.63) is 67.7 Å². The van der Waals surface area contributed by atoms with Gasteiger partial charge in [0.15, 0.2) is 0 Å². The molecule has 1 saturated heterocycles. The van der Waals surface area contributed by atoms with Gasteiger partial charge in [-0.3, -0.25) is 9.59 Å². The first-order chi connectivity index (χ1) is 12.5. The fourth-order valence-electron chi connectivity index (χ4n) is 3.13. The summed E-state index contributed by atoms with van der Waals surface area (Å²) in [5, 5.41) is 3.75. The molecule has 1 aliphatic heterocycles. The summed E-state index contributed by atoms with van der Waals surface area (Å²) in [4.78, 5) is 26.9. The first-order valence-corrected chi connectivity index (χ1v) is 10.0. The number of amides is 2. The third kappa shape index (κ3) is 4.38. The van der Waals surface area contributed by atoms with E-state index < -0.39 is 0 Å². The maximum absolute atomic E-state index is 12.7. The molecule has 26 heavy (non-hydrogen) atoms. The zero-order chi connectivity index (χ0) is 18.7. The Morgan fingerprint density at radius 3 is 2.50 bits per heavy atom. The van der Waals surface area contributed by atoms with Gasteiger partial charge < -0.3 is 10.2 Å². The van der Waals surface area contributed by atoms with E-state index in [0.29, 0.717) is 29.2 Å². The van der Waals surface area contributed by atoms with Crippen LogP contribution in [-0.2, 0) is 0 Å². The first-order valence-electron chi connectivity index (χ1n) is 8.56. The molecule has 0 radical (unpaired) electrons. The Kier molecular flexibility index (Phi) is 6.19. The van der Waals surface area contributed by atoms with Crippen molar-refractivity contribution in [2.75, 3.05) is 13.1 Å². The van der Waals surface area contributed by atoms with Gasteiger partial charge in [-0.1, -0.05) is 29.8 Å². The molecule has 1 aliphatic rings. The number of hydrogen-bond donors (Lipinski definition) is 1. The number of hydrogen-bond acceptors (Lipinski definition) is 2. The minimum atomic E-state index is -0.0415. The second-order valence-corrected chi connectivity index (χ2v) is 8.05. The number of halogens is 2. The molecule has 1 heterocycles. The number of piperidine rings is 1. The second kappa shape index (κ2) is 8.39. The lowest BCUT2D eigenvalue weighted by Gasteiger charge is -2.32. The number of nitrogens with zero attached hydrogens (tertiary/aromatic N) is 1. The van der Waals surface area contributed by atoms with E-state index in [0.717, 1.165) is 22.0 Å². The van der Waals surface area contributed by atoms with E-state index in [4.69, 9.17) is 11.6 Å². The van der Waals surface area contributed by atoms with Crippen LogP contribution in [-0.4, -0.2) is 35.8 Å². The smallest absolute Gasteiger partial charge is 0.253 e. The van der Waals surface area contributed by atoms with E-state index in [-0.39, 0.29) is 17.9 Å². The maximum atomic E-state index is 12.7. The number of likely N-dealkylation sites (tertiary alicyclic amines) is 1. The van der Waals surface area contributed by atoms with Gasteiger partial charge in [0, 0.05) is 33.8 Å². The molecule has 0 spiro atoms. The third-order valence-electron chi connectivity index (χ3n) is 4.67. The van der Waals surface area contributed by atoms with Crippen LogP contribution in [0, 0.1) is 10.5 Å². The number of benzene rings is 2. The predicted octanol–water partition coefficient (Wildman–Crippen LogP) is 4.29. The monoisotopic (exact) mass is 482 g/mol. The van der Waals surface area contributed by atoms with Crippen LogP contribution >= 0.6 is 34.2 Å². The van der Waals surface area contributed by atoms with E-state index in [1.165, 1.54) is 0 Å². The topological polar surface area (TPSA) is 49.4 Å². The average Bonchev–Trinajstić information content (AvgIpc) is 2.64. The molecule has 4 nitrogen and oxygen atoms in total. The molecule has 1 fully saturated rings. The summed E-state index contributed by atoms with van der Waals surface area (Å²) in [6.07, 6.45) is 1.52. The molecule has 2 aromatic carbocycles. The van der Waals surface area contributed by atoms with Crippen molar-refractivity contribution in [3.8, 4) is 0 Å². The quantitative estimate of drug-likeness (QED) is 0.664. The Bertz CT molecular complexity index is 832. The number of carbonyl (C=O) groups excluding carboxylic acids is 2. The van der Waals surface area contributed by atoms with Gasteiger partial charge in [-0.15, -0.1) is 0 Å². The Balaban J connectivity index is 1.57. The standard InChI is InChI=1S/C20H20ClIN2O2/c1-13-4-2-3-5-16(13)19(25)23-15-8-10-24(11-9-15)20(26)14-6-7-17(21)18(22)12-14/h2-7,12,15H,8-11H2,1H3,(H,23,25). The molecular formula is C20H20ClIN2O2. The summed E-state index contributed by atoms with van der Waals surface area (Å²) >= 11 is 8.16. The van der Waals surface area contributed by atoms with E-state index in [2.05, 4.69) is 27.9 Å². The highest BCUT2D eigenvalue weighted by molar-refractivity contribution is 14.1. The first kappa shape index (κ1) is 19.2. The van der Waals surface area contributed by atoms with Crippen molar-refractivity contribution in [2.24, 2.45) is 0 Å². The van der Waals surface area contributed by atoms with E-state index >= 15 is 0 Å². The van der Waals surface area contributed by atoms with Crippen molar-refractivity contribution in [1.82, 2.24) is 10.2 Å². The normalized spacial score (nSPS) is 15.0. The fourth-order valence-corrected chi connectivity index (χ4v) is 3.76. The lowest BCUT2D eigenvalue weighted by Crippen LogP contribution is -2.46. The van der Waals surface area contributed by atoms with E-state index in [1.807, 2.05) is 42.2 Å². The van der Waals surface area contributed by atoms with Crippen LogP contribution in [0.3, 0.4) is 0 Å². The van der Waals surface area contributed by atoms with E-state index in [1.54, 1.807) is 12.1 Å². The Hall–Kier alpha value is -1.60. The van der Waals surface area contributed by atoms with Crippen LogP contribution in [0.5, 0.6) is 0 Å². The molecule has 136 valence electrons. The summed E-state index contributed by atoms with van der Waals surface area (Å²) in [7, 11) is 0. The summed E-state index contributed by atoms with van der Waals surface area (Å²) < 4.78 is 0.871. The molecule has 0 unspecified atom stereocenters. The van der Waals surface area contributed by atoms with Gasteiger partial charge >= 0.3 is 0 Å². The summed E-state index contributed by atoms with van der Waals surface area (Å²) in [5.41, 5.74) is 2.33. The molecular weight excluding hydrogens is 463 g/mol. The molecule has 2 aromatic rings. The highest BCUT2D eigenvalue weighted by Crippen LogP contribution is 2.21. The Labute approximate surface area is 172 Å². The molecule has 3 rings (SSSR count). The van der Waals surface area contributed by atoms with Crippen molar-refractivity contribution in [1.29, 1.82) is 0 Å². The number of rotatable bonds is 3. The van der Waals surface area contributed by atoms with Gasteiger partial charge in [-0.05, 0) is 72.2 Å². The molecule has 0 bridgehead atoms. The lowest BCUT2D eigenvalue weighted by atomic mass is 10.0. The van der Waals surface area contributed by atoms with Crippen LogP contribution in [0.2, 0.25) is 5.02 Å². The van der Waals surface area contributed by atoms with Gasteiger partial charge in [0.1, 0.15) is 0 Å². The van der Waals surface area contributed by atoms with Gasteiger partial charge in [0.25, 0.3) is 11.8 Å². The summed E-state index contributed by atoms with van der Waals surface area (Å²) in [6, 6.07) is 13.0. The van der Waals surface area contributed by atoms with Gasteiger partial charge in [0.05, 0.1) is 5.02 Å². The molecule has 0 atom stereocenters. The highest BCUT2D eigenvalue weighted by Gasteiger charge is 2.25. The van der Waals surface area contributed by atoms with Crippen LogP contribution in [0.25, 0.3) is 0 Å². The number of carbonyl (C=O) groups is 2. The zero-order valence-corrected chi connectivity index (χ0v) is 17.4. The molecule has 0 aromatic heterocycles. The summed E-state index contributed by atoms with van der Waals surface area (Å²) in [5.74, 6) is -0.0246. The van der Waals surface area contributed by atoms with Crippen LogP contribution in [0.4, 0.5) is 0 Å². The number of aryl methyl sites for hydroxylation is 1. The average molecular weight is 483 g/mol. The fraction of sp³-hybridized carbons (Fsp3) is 0.300. The minimum absolute atomic E-state index is 0.0169. The molecule has 1 N–H and O–H groups in total. The van der Waals surface area contributed by atoms with Crippen molar-refractivity contribution in [2.45, 2.75) is 25.8 Å². The predicted molar refractivity (Wildman–Crippen MR) is 112 cm³/mol. The Morgan fingerprint density at radius 1 is 1.15 bits per heavy atom. The molecule has 0 aliphatic carbocycles. The molecule has 2 amide bonds. The van der Waals surface area contributed by atoms with Crippen molar-refractivity contribution >= 4 is 46.0 Å². The van der Waals surface area contributed by atoms with Gasteiger partial charge in [-0.2, -0.15) is 0 Å². The number of nitrogens with one attached hydrogen (secondary N) is 1. The molecule has 0 saturated carbocycles. The summed E-state index contributed by atoms with van der Waals surface area (Å²) in [6.45, 7) is 3.21. The largest absolute Gasteiger partial charge is 0.349 e. The Morgan fingerprint density at radius 2 is 1.85 bits per heavy atom. The van der Waals surface area contributed by atoms with Gasteiger partial charge in [-0.25, -0.2) is 0 Å². The van der Waals surface area contributed by atoms with Crippen LogP contribution in [0.1, 0.15) is 39.1 Å². The zero-order valence-electron chi connectivity index (χ0n) is 14.5. The second-order valence-electron chi connectivity index (χ2n) is 6.48. The van der Waals surface area contributed by atoms with Gasteiger partial charge in [0.2, 0.25) is 0 Å². The maximum Gasteiger partial charge on any atom is 0.253 e. The SMILES string of the molecule is Cc1ccccc1C(=O)NC1CCN(C(=O)c2ccc(Cl)c(I)c2)CC1. The minimum Gasteiger partial charge on any atom is -0.349 e. The lowest BCUT2D eigenvalue weighted by molar-refractivity contribution is 0.0698.